The van der Waals surface area contributed by atoms with Gasteiger partial charge >= 0.3 is 0 Å². The van der Waals surface area contributed by atoms with Crippen LogP contribution in [0.15, 0.2) is 195 Å². The second kappa shape index (κ2) is 12.1. The lowest BCUT2D eigenvalue weighted by atomic mass is 10.0. The second-order valence-corrected chi connectivity index (χ2v) is 13.6. The van der Waals surface area contributed by atoms with E-state index < -0.39 is 0 Å². The molecule has 0 N–H and O–H groups in total. The van der Waals surface area contributed by atoms with E-state index in [-0.39, 0.29) is 0 Å². The lowest BCUT2D eigenvalue weighted by Gasteiger charge is -2.26. The van der Waals surface area contributed by atoms with E-state index in [9.17, 15) is 0 Å². The highest BCUT2D eigenvalue weighted by Crippen LogP contribution is 2.42. The van der Waals surface area contributed by atoms with Crippen LogP contribution in [0.25, 0.3) is 88.7 Å². The molecule has 0 saturated carbocycles. The van der Waals surface area contributed by atoms with Gasteiger partial charge in [-0.3, -0.25) is 0 Å². The highest BCUT2D eigenvalue weighted by atomic mass is 16.4. The van der Waals surface area contributed by atoms with Crippen LogP contribution in [0.3, 0.4) is 0 Å². The van der Waals surface area contributed by atoms with Crippen molar-refractivity contribution in [2.24, 2.45) is 0 Å². The van der Waals surface area contributed by atoms with E-state index >= 15 is 0 Å². The Morgan fingerprint density at radius 1 is 0.352 bits per heavy atom. The Bertz CT molecular complexity index is 3160. The van der Waals surface area contributed by atoms with Crippen LogP contribution in [0.1, 0.15) is 0 Å². The van der Waals surface area contributed by atoms with Gasteiger partial charge in [0.2, 0.25) is 5.89 Å². The van der Waals surface area contributed by atoms with Crippen LogP contribution in [0.5, 0.6) is 0 Å². The van der Waals surface area contributed by atoms with Gasteiger partial charge in [0.1, 0.15) is 27.8 Å². The zero-order chi connectivity index (χ0) is 35.6. The standard InChI is InChI=1S/C49H30N2O3/c1-3-11-31(12-4-1)34-15-9-16-36(27-34)51(35-23-21-32(22-24-35)38-18-10-19-41-39-17-7-8-20-44(39)53-48(38)41)37-25-26-40-42-29-43-47(30-46(42)52-45(40)28-37)54-49(50-43)33-13-5-2-6-14-33/h1-30H. The van der Waals surface area contributed by atoms with Gasteiger partial charge in [-0.2, -0.15) is 0 Å². The van der Waals surface area contributed by atoms with Crippen molar-refractivity contribution in [3.8, 4) is 33.7 Å². The molecule has 3 aromatic heterocycles. The minimum absolute atomic E-state index is 0.596. The molecule has 0 unspecified atom stereocenters. The fourth-order valence-electron chi connectivity index (χ4n) is 7.70. The Hall–Kier alpha value is -7.37. The van der Waals surface area contributed by atoms with E-state index in [4.69, 9.17) is 18.2 Å². The number of rotatable bonds is 6. The highest BCUT2D eigenvalue weighted by molar-refractivity contribution is 6.11. The largest absolute Gasteiger partial charge is 0.456 e. The van der Waals surface area contributed by atoms with Gasteiger partial charge in [0.15, 0.2) is 5.58 Å². The number of nitrogens with zero attached hydrogens (tertiary/aromatic N) is 2. The molecule has 0 aliphatic heterocycles. The number of fused-ring (bicyclic) bond motifs is 7. The van der Waals surface area contributed by atoms with Gasteiger partial charge in [-0.15, -0.1) is 0 Å². The van der Waals surface area contributed by atoms with E-state index in [2.05, 4.69) is 132 Å². The van der Waals surface area contributed by atoms with Crippen LogP contribution < -0.4 is 4.90 Å². The third kappa shape index (κ3) is 4.98. The van der Waals surface area contributed by atoms with Crippen LogP contribution >= 0.6 is 0 Å². The molecule has 0 aliphatic rings. The van der Waals surface area contributed by atoms with Crippen molar-refractivity contribution in [2.45, 2.75) is 0 Å². The van der Waals surface area contributed by atoms with Crippen molar-refractivity contribution >= 4 is 72.0 Å². The van der Waals surface area contributed by atoms with Crippen molar-refractivity contribution in [2.75, 3.05) is 4.90 Å². The molecule has 3 heterocycles. The normalized spacial score (nSPS) is 11.7. The minimum Gasteiger partial charge on any atom is -0.456 e. The summed E-state index contributed by atoms with van der Waals surface area (Å²) in [5.41, 5.74) is 13.2. The first-order valence-electron chi connectivity index (χ1n) is 18.0. The van der Waals surface area contributed by atoms with E-state index in [1.807, 2.05) is 54.6 Å². The summed E-state index contributed by atoms with van der Waals surface area (Å²) in [6.07, 6.45) is 0. The van der Waals surface area contributed by atoms with Crippen molar-refractivity contribution < 1.29 is 13.3 Å². The van der Waals surface area contributed by atoms with Gasteiger partial charge in [-0.05, 0) is 77.4 Å². The third-order valence-electron chi connectivity index (χ3n) is 10.3. The second-order valence-electron chi connectivity index (χ2n) is 13.6. The molecule has 0 radical (unpaired) electrons. The summed E-state index contributed by atoms with van der Waals surface area (Å²) in [6, 6.07) is 62.9. The van der Waals surface area contributed by atoms with Crippen LogP contribution in [-0.4, -0.2) is 4.98 Å². The number of hydrogen-bond donors (Lipinski definition) is 0. The lowest BCUT2D eigenvalue weighted by Crippen LogP contribution is -2.10. The fraction of sp³-hybridized carbons (Fsp3) is 0. The quantitative estimate of drug-likeness (QED) is 0.173. The maximum Gasteiger partial charge on any atom is 0.227 e. The Labute approximate surface area is 309 Å². The molecule has 54 heavy (non-hydrogen) atoms. The molecule has 0 fully saturated rings. The Balaban J connectivity index is 1.03. The number of furan rings is 2. The Morgan fingerprint density at radius 3 is 1.87 bits per heavy atom. The Kier molecular flexibility index (Phi) is 6.79. The smallest absolute Gasteiger partial charge is 0.227 e. The van der Waals surface area contributed by atoms with Crippen molar-refractivity contribution in [3.05, 3.63) is 182 Å². The van der Waals surface area contributed by atoms with Gasteiger partial charge in [0.05, 0.1) is 0 Å². The van der Waals surface area contributed by atoms with E-state index in [1.165, 1.54) is 0 Å². The van der Waals surface area contributed by atoms with Crippen LogP contribution in [0, 0.1) is 0 Å². The predicted octanol–water partition coefficient (Wildman–Crippen LogP) is 14.1. The van der Waals surface area contributed by atoms with Crippen LogP contribution in [-0.2, 0) is 0 Å². The first-order chi connectivity index (χ1) is 26.7. The molecule has 5 nitrogen and oxygen atoms in total. The lowest BCUT2D eigenvalue weighted by molar-refractivity contribution is 0.617. The number of hydrogen-bond acceptors (Lipinski definition) is 5. The van der Waals surface area contributed by atoms with Gasteiger partial charge < -0.3 is 18.2 Å². The topological polar surface area (TPSA) is 55.6 Å². The van der Waals surface area contributed by atoms with Gasteiger partial charge in [-0.1, -0.05) is 109 Å². The number of oxazole rings is 1. The predicted molar refractivity (Wildman–Crippen MR) is 220 cm³/mol. The molecule has 11 aromatic rings. The maximum absolute atomic E-state index is 6.55. The van der Waals surface area contributed by atoms with Crippen LogP contribution in [0.4, 0.5) is 17.1 Å². The van der Waals surface area contributed by atoms with Crippen molar-refractivity contribution in [1.29, 1.82) is 0 Å². The molecule has 0 atom stereocenters. The zero-order valence-electron chi connectivity index (χ0n) is 28.9. The monoisotopic (exact) mass is 694 g/mol. The average molecular weight is 695 g/mol. The summed E-state index contributed by atoms with van der Waals surface area (Å²) in [6.45, 7) is 0. The highest BCUT2D eigenvalue weighted by Gasteiger charge is 2.19. The summed E-state index contributed by atoms with van der Waals surface area (Å²) in [5.74, 6) is 0.596. The summed E-state index contributed by atoms with van der Waals surface area (Å²) in [5, 5.41) is 4.26. The minimum atomic E-state index is 0.596. The maximum atomic E-state index is 6.55. The van der Waals surface area contributed by atoms with E-state index in [0.29, 0.717) is 11.5 Å². The first kappa shape index (κ1) is 30.3. The third-order valence-corrected chi connectivity index (χ3v) is 10.3. The number of anilines is 3. The van der Waals surface area contributed by atoms with Crippen molar-refractivity contribution in [3.63, 3.8) is 0 Å². The van der Waals surface area contributed by atoms with E-state index in [0.717, 1.165) is 94.3 Å². The number of para-hydroxylation sites is 2. The molecule has 0 spiro atoms. The summed E-state index contributed by atoms with van der Waals surface area (Å²) >= 11 is 0. The molecule has 0 bridgehead atoms. The molecule has 254 valence electrons. The van der Waals surface area contributed by atoms with Crippen LogP contribution in [0.2, 0.25) is 0 Å². The molecule has 5 heteroatoms. The molecular formula is C49H30N2O3. The molecule has 11 rings (SSSR count). The molecule has 8 aromatic carbocycles. The SMILES string of the molecule is c1ccc(-c2cccc(N(c3ccc(-c4cccc5c4oc4ccccc45)cc3)c3ccc4c(c3)oc3cc5oc(-c6ccccc6)nc5cc34)c2)cc1. The Morgan fingerprint density at radius 2 is 1.02 bits per heavy atom. The summed E-state index contributed by atoms with van der Waals surface area (Å²) in [7, 11) is 0. The number of aromatic nitrogens is 1. The summed E-state index contributed by atoms with van der Waals surface area (Å²) in [4.78, 5) is 7.09. The van der Waals surface area contributed by atoms with Gasteiger partial charge in [0.25, 0.3) is 0 Å². The first-order valence-corrected chi connectivity index (χ1v) is 18.0. The molecule has 0 aliphatic carbocycles. The fourth-order valence-corrected chi connectivity index (χ4v) is 7.70. The molecule has 0 saturated heterocycles. The van der Waals surface area contributed by atoms with Crippen molar-refractivity contribution in [1.82, 2.24) is 4.98 Å². The van der Waals surface area contributed by atoms with Gasteiger partial charge in [-0.25, -0.2) is 4.98 Å². The molecular weight excluding hydrogens is 665 g/mol. The number of benzene rings is 8. The average Bonchev–Trinajstić information content (AvgIpc) is 3.94. The van der Waals surface area contributed by atoms with Gasteiger partial charge in [0, 0.05) is 61.9 Å². The summed E-state index contributed by atoms with van der Waals surface area (Å²) < 4.78 is 19.1. The zero-order valence-corrected chi connectivity index (χ0v) is 28.9. The molecule has 0 amide bonds. The van der Waals surface area contributed by atoms with E-state index in [1.54, 1.807) is 0 Å².